The predicted molar refractivity (Wildman–Crippen MR) is 103 cm³/mol. The molecule has 0 saturated carbocycles. The first-order chi connectivity index (χ1) is 12.0. The van der Waals surface area contributed by atoms with Crippen LogP contribution in [0, 0.1) is 16.0 Å². The first-order valence-electron chi connectivity index (χ1n) is 9.00. The van der Waals surface area contributed by atoms with Crippen LogP contribution in [0.15, 0.2) is 49.2 Å². The Labute approximate surface area is 150 Å². The number of nitrogens with zero attached hydrogens (tertiary/aromatic N) is 2. The summed E-state index contributed by atoms with van der Waals surface area (Å²) >= 11 is 0. The van der Waals surface area contributed by atoms with Crippen LogP contribution >= 0.6 is 0 Å². The first kappa shape index (κ1) is 19.2. The van der Waals surface area contributed by atoms with Crippen molar-refractivity contribution in [2.24, 2.45) is 5.92 Å². The predicted octanol–water partition coefficient (Wildman–Crippen LogP) is 3.92. The van der Waals surface area contributed by atoms with Gasteiger partial charge >= 0.3 is 0 Å². The Kier molecular flexibility index (Phi) is 7.19. The van der Waals surface area contributed by atoms with Crippen LogP contribution in [0.5, 0.6) is 0 Å². The Morgan fingerprint density at radius 3 is 2.60 bits per heavy atom. The van der Waals surface area contributed by atoms with Crippen LogP contribution in [0.2, 0.25) is 0 Å². The molecule has 0 radical (unpaired) electrons. The van der Waals surface area contributed by atoms with Gasteiger partial charge in [-0.3, -0.25) is 10.1 Å². The zero-order valence-electron chi connectivity index (χ0n) is 15.1. The number of hydrogen-bond acceptors (Lipinski definition) is 4. The number of allylic oxidation sites excluding steroid dienone is 1. The summed E-state index contributed by atoms with van der Waals surface area (Å²) in [6, 6.07) is 7.40. The second kappa shape index (κ2) is 9.37. The fraction of sp³-hybridized carbons (Fsp3) is 0.500. The van der Waals surface area contributed by atoms with Gasteiger partial charge < -0.3 is 10.2 Å². The Morgan fingerprint density at radius 1 is 1.40 bits per heavy atom. The lowest BCUT2D eigenvalue weighted by atomic mass is 9.95. The minimum atomic E-state index is -0.360. The van der Waals surface area contributed by atoms with Crippen molar-refractivity contribution in [1.29, 1.82) is 0 Å². The number of non-ortho nitro benzene ring substituents is 1. The van der Waals surface area contributed by atoms with E-state index >= 15 is 0 Å². The van der Waals surface area contributed by atoms with Gasteiger partial charge in [-0.25, -0.2) is 0 Å². The average Bonchev–Trinajstić information content (AvgIpc) is 2.60. The molecule has 1 N–H and O–H groups in total. The largest absolute Gasteiger partial charge is 0.368 e. The second-order valence-corrected chi connectivity index (χ2v) is 6.93. The summed E-state index contributed by atoms with van der Waals surface area (Å²) < 4.78 is 0. The minimum Gasteiger partial charge on any atom is -0.368 e. The van der Waals surface area contributed by atoms with E-state index in [1.807, 2.05) is 18.2 Å². The lowest BCUT2D eigenvalue weighted by molar-refractivity contribution is -0.384. The van der Waals surface area contributed by atoms with Crippen LogP contribution < -0.4 is 5.32 Å². The van der Waals surface area contributed by atoms with Gasteiger partial charge in [-0.1, -0.05) is 31.7 Å². The molecule has 5 heteroatoms. The molecule has 1 aliphatic rings. The molecule has 0 amide bonds. The molecule has 1 aliphatic heterocycles. The third kappa shape index (κ3) is 5.71. The van der Waals surface area contributed by atoms with Gasteiger partial charge in [-0.05, 0) is 50.3 Å². The average molecular weight is 343 g/mol. The SMILES string of the molecule is C=CCN(C(=C)CC(C)Cc1ccc([N+](=O)[O-])cc1)C1CCNCC1. The van der Waals surface area contributed by atoms with Crippen LogP contribution in [0.4, 0.5) is 5.69 Å². The van der Waals surface area contributed by atoms with Gasteiger partial charge in [-0.2, -0.15) is 0 Å². The molecule has 0 aliphatic carbocycles. The summed E-state index contributed by atoms with van der Waals surface area (Å²) in [5.41, 5.74) is 2.44. The standard InChI is InChI=1S/C20H29N3O2/c1-4-13-22(19-9-11-21-12-10-19)17(3)14-16(2)15-18-5-7-20(8-6-18)23(24)25/h4-8,16,19,21H,1,3,9-15H2,2H3. The van der Waals surface area contributed by atoms with E-state index in [4.69, 9.17) is 0 Å². The highest BCUT2D eigenvalue weighted by atomic mass is 16.6. The van der Waals surface area contributed by atoms with Gasteiger partial charge in [0.05, 0.1) is 4.92 Å². The van der Waals surface area contributed by atoms with Gasteiger partial charge in [0.15, 0.2) is 0 Å². The molecule has 1 fully saturated rings. The first-order valence-corrected chi connectivity index (χ1v) is 9.00. The van der Waals surface area contributed by atoms with Gasteiger partial charge in [0.1, 0.15) is 0 Å². The number of rotatable bonds is 9. The van der Waals surface area contributed by atoms with E-state index in [0.717, 1.165) is 50.9 Å². The number of nitro groups is 1. The summed E-state index contributed by atoms with van der Waals surface area (Å²) in [6.45, 7) is 13.4. The molecule has 0 spiro atoms. The minimum absolute atomic E-state index is 0.142. The smallest absolute Gasteiger partial charge is 0.269 e. The Morgan fingerprint density at radius 2 is 2.04 bits per heavy atom. The summed E-state index contributed by atoms with van der Waals surface area (Å²) in [5.74, 6) is 0.433. The van der Waals surface area contributed by atoms with Crippen molar-refractivity contribution in [2.45, 2.75) is 38.6 Å². The molecular weight excluding hydrogens is 314 g/mol. The van der Waals surface area contributed by atoms with Crippen molar-refractivity contribution < 1.29 is 4.92 Å². The van der Waals surface area contributed by atoms with Crippen molar-refractivity contribution in [3.05, 3.63) is 64.9 Å². The highest BCUT2D eigenvalue weighted by Gasteiger charge is 2.22. The van der Waals surface area contributed by atoms with E-state index in [-0.39, 0.29) is 10.6 Å². The van der Waals surface area contributed by atoms with Crippen LogP contribution in [0.3, 0.4) is 0 Å². The molecule has 1 atom stereocenters. The van der Waals surface area contributed by atoms with Gasteiger partial charge in [0.2, 0.25) is 0 Å². The molecule has 25 heavy (non-hydrogen) atoms. The molecule has 2 rings (SSSR count). The zero-order chi connectivity index (χ0) is 18.2. The maximum absolute atomic E-state index is 10.7. The van der Waals surface area contributed by atoms with Crippen LogP contribution in [-0.4, -0.2) is 35.5 Å². The zero-order valence-corrected chi connectivity index (χ0v) is 15.1. The monoisotopic (exact) mass is 343 g/mol. The second-order valence-electron chi connectivity index (χ2n) is 6.93. The van der Waals surface area contributed by atoms with E-state index in [0.29, 0.717) is 12.0 Å². The van der Waals surface area contributed by atoms with Crippen molar-refractivity contribution in [2.75, 3.05) is 19.6 Å². The fourth-order valence-electron chi connectivity index (χ4n) is 3.54. The molecular formula is C20H29N3O2. The summed E-state index contributed by atoms with van der Waals surface area (Å²) in [5, 5.41) is 14.1. The number of piperidine rings is 1. The molecule has 1 unspecified atom stereocenters. The quantitative estimate of drug-likeness (QED) is 0.419. The van der Waals surface area contributed by atoms with Crippen molar-refractivity contribution in [3.8, 4) is 0 Å². The summed E-state index contributed by atoms with van der Waals surface area (Å²) in [4.78, 5) is 12.8. The molecule has 0 bridgehead atoms. The lowest BCUT2D eigenvalue weighted by Gasteiger charge is -2.37. The maximum atomic E-state index is 10.7. The van der Waals surface area contributed by atoms with E-state index in [9.17, 15) is 10.1 Å². The number of benzene rings is 1. The third-order valence-electron chi connectivity index (χ3n) is 4.80. The van der Waals surface area contributed by atoms with E-state index in [1.165, 1.54) is 5.70 Å². The van der Waals surface area contributed by atoms with Crippen molar-refractivity contribution in [3.63, 3.8) is 0 Å². The number of nitro benzene ring substituents is 1. The molecule has 1 aromatic rings. The Bertz CT molecular complexity index is 591. The van der Waals surface area contributed by atoms with Crippen molar-refractivity contribution in [1.82, 2.24) is 10.2 Å². The lowest BCUT2D eigenvalue weighted by Crippen LogP contribution is -2.42. The molecule has 0 aromatic heterocycles. The van der Waals surface area contributed by atoms with E-state index in [1.54, 1.807) is 12.1 Å². The van der Waals surface area contributed by atoms with Crippen molar-refractivity contribution >= 4 is 5.69 Å². The number of nitrogens with one attached hydrogen (secondary N) is 1. The van der Waals surface area contributed by atoms with Crippen LogP contribution in [0.25, 0.3) is 0 Å². The van der Waals surface area contributed by atoms with Gasteiger partial charge in [0.25, 0.3) is 5.69 Å². The summed E-state index contributed by atoms with van der Waals surface area (Å²) in [7, 11) is 0. The fourth-order valence-corrected chi connectivity index (χ4v) is 3.54. The third-order valence-corrected chi connectivity index (χ3v) is 4.80. The van der Waals surface area contributed by atoms with Crippen LogP contribution in [-0.2, 0) is 6.42 Å². The highest BCUT2D eigenvalue weighted by molar-refractivity contribution is 5.33. The van der Waals surface area contributed by atoms with E-state index in [2.05, 4.69) is 30.3 Å². The van der Waals surface area contributed by atoms with E-state index < -0.39 is 0 Å². The summed E-state index contributed by atoms with van der Waals surface area (Å²) in [6.07, 6.45) is 6.06. The topological polar surface area (TPSA) is 58.4 Å². The molecule has 1 aromatic carbocycles. The molecule has 1 saturated heterocycles. The van der Waals surface area contributed by atoms with Gasteiger partial charge in [0, 0.05) is 30.4 Å². The Balaban J connectivity index is 1.92. The molecule has 5 nitrogen and oxygen atoms in total. The maximum Gasteiger partial charge on any atom is 0.269 e. The normalized spacial score (nSPS) is 16.2. The number of hydrogen-bond donors (Lipinski definition) is 1. The Hall–Kier alpha value is -2.14. The van der Waals surface area contributed by atoms with Crippen LogP contribution in [0.1, 0.15) is 31.7 Å². The molecule has 1 heterocycles. The molecule has 136 valence electrons. The highest BCUT2D eigenvalue weighted by Crippen LogP contribution is 2.24. The van der Waals surface area contributed by atoms with Gasteiger partial charge in [-0.15, -0.1) is 6.58 Å².